The Labute approximate surface area is 152 Å². The van der Waals surface area contributed by atoms with Crippen LogP contribution in [0.25, 0.3) is 0 Å². The molecule has 0 spiro atoms. The van der Waals surface area contributed by atoms with Gasteiger partial charge in [-0.25, -0.2) is 0 Å². The fourth-order valence-electron chi connectivity index (χ4n) is 2.05. The Bertz CT molecular complexity index is 504. The lowest BCUT2D eigenvalue weighted by Gasteiger charge is -2.05. The lowest BCUT2D eigenvalue weighted by molar-refractivity contribution is 0.243. The van der Waals surface area contributed by atoms with Crippen molar-refractivity contribution in [2.45, 2.75) is 59.0 Å². The highest BCUT2D eigenvalue weighted by Crippen LogP contribution is 2.38. The number of aryl methyl sites for hydroxylation is 1. The zero-order valence-corrected chi connectivity index (χ0v) is 17.2. The van der Waals surface area contributed by atoms with Gasteiger partial charge >= 0.3 is 15.9 Å². The Kier molecular flexibility index (Phi) is 14.2. The third-order valence-electron chi connectivity index (χ3n) is 3.20. The van der Waals surface area contributed by atoms with Gasteiger partial charge in [0.15, 0.2) is 0 Å². The molecule has 0 radical (unpaired) electrons. The quantitative estimate of drug-likeness (QED) is 0.396. The summed E-state index contributed by atoms with van der Waals surface area (Å²) >= 11 is 0. The zero-order chi connectivity index (χ0) is 19.1. The number of unbranched alkanes of at least 4 members (excludes halogenated alkanes) is 3. The molecule has 1 rings (SSSR count). The van der Waals surface area contributed by atoms with Crippen molar-refractivity contribution in [2.75, 3.05) is 13.2 Å². The molecule has 2 N–H and O–H groups in total. The topological polar surface area (TPSA) is 93.1 Å². The van der Waals surface area contributed by atoms with Crippen LogP contribution in [0.5, 0.6) is 0 Å². The molecule has 1 aromatic carbocycles. The van der Waals surface area contributed by atoms with E-state index in [0.717, 1.165) is 6.42 Å². The van der Waals surface area contributed by atoms with Crippen molar-refractivity contribution < 1.29 is 28.0 Å². The molecule has 144 valence electrons. The molecule has 6 nitrogen and oxygen atoms in total. The van der Waals surface area contributed by atoms with Crippen molar-refractivity contribution in [1.29, 1.82) is 0 Å². The molecule has 0 atom stereocenters. The fraction of sp³-hybridized carbons (Fsp3) is 0.647. The summed E-state index contributed by atoms with van der Waals surface area (Å²) in [5.74, 6) is 0. The van der Waals surface area contributed by atoms with Gasteiger partial charge in [-0.05, 0) is 37.8 Å². The largest absolute Gasteiger partial charge is 0.697 e. The molecule has 0 saturated heterocycles. The molecule has 0 amide bonds. The van der Waals surface area contributed by atoms with Crippen LogP contribution in [0, 0.1) is 0 Å². The van der Waals surface area contributed by atoms with Crippen LogP contribution in [0.2, 0.25) is 0 Å². The van der Waals surface area contributed by atoms with E-state index < -0.39 is 15.9 Å². The first-order valence-corrected chi connectivity index (χ1v) is 11.6. The van der Waals surface area contributed by atoms with Crippen LogP contribution in [-0.2, 0) is 30.8 Å². The standard InChI is InChI=1S/C13H21O3P.C4H10O3P/c1-2-3-4-5-6-12-7-9-13(10-8-12)11-17(14,15)16;1-3-6-8(5)7-4-2/h7-10H,2-6,11H2,1H3,(H2,14,15,16);3-4H2,1-2H3/q;+1. The molecule has 0 aliphatic rings. The zero-order valence-electron chi connectivity index (χ0n) is 15.4. The minimum atomic E-state index is -3.93. The predicted octanol–water partition coefficient (Wildman–Crippen LogP) is 5.20. The highest BCUT2D eigenvalue weighted by atomic mass is 31.2. The van der Waals surface area contributed by atoms with E-state index in [1.165, 1.54) is 31.2 Å². The average molecular weight is 393 g/mol. The molecule has 0 fully saturated rings. The molecule has 0 aliphatic heterocycles. The SMILES string of the molecule is CCCCCCc1ccc(CP(=O)(O)O)cc1.CCO[P+](=O)OCC. The van der Waals surface area contributed by atoms with E-state index in [0.29, 0.717) is 18.8 Å². The maximum Gasteiger partial charge on any atom is 0.697 e. The summed E-state index contributed by atoms with van der Waals surface area (Å²) in [5, 5.41) is 0. The summed E-state index contributed by atoms with van der Waals surface area (Å²) in [7, 11) is -5.76. The maximum atomic E-state index is 10.8. The Morgan fingerprint density at radius 3 is 1.88 bits per heavy atom. The van der Waals surface area contributed by atoms with Gasteiger partial charge < -0.3 is 9.79 Å². The molecular weight excluding hydrogens is 362 g/mol. The van der Waals surface area contributed by atoms with E-state index >= 15 is 0 Å². The van der Waals surface area contributed by atoms with Gasteiger partial charge in [0.25, 0.3) is 0 Å². The summed E-state index contributed by atoms with van der Waals surface area (Å²) in [5.41, 5.74) is 1.95. The molecule has 0 bridgehead atoms. The van der Waals surface area contributed by atoms with Gasteiger partial charge in [0, 0.05) is 4.57 Å². The average Bonchev–Trinajstić information content (AvgIpc) is 2.53. The van der Waals surface area contributed by atoms with Crippen LogP contribution < -0.4 is 0 Å². The molecule has 0 heterocycles. The van der Waals surface area contributed by atoms with Crippen molar-refractivity contribution in [3.8, 4) is 0 Å². The number of rotatable bonds is 11. The van der Waals surface area contributed by atoms with Gasteiger partial charge in [-0.3, -0.25) is 4.57 Å². The summed E-state index contributed by atoms with van der Waals surface area (Å²) < 4.78 is 30.3. The molecule has 8 heteroatoms. The monoisotopic (exact) mass is 393 g/mol. The van der Waals surface area contributed by atoms with E-state index in [4.69, 9.17) is 9.79 Å². The van der Waals surface area contributed by atoms with Crippen LogP contribution in [0.1, 0.15) is 57.6 Å². The Morgan fingerprint density at radius 2 is 1.44 bits per heavy atom. The van der Waals surface area contributed by atoms with E-state index in [2.05, 4.69) is 16.0 Å². The van der Waals surface area contributed by atoms with Crippen LogP contribution in [0.4, 0.5) is 0 Å². The van der Waals surface area contributed by atoms with Crippen LogP contribution in [0.15, 0.2) is 24.3 Å². The minimum Gasteiger partial charge on any atom is -0.324 e. The molecule has 1 aromatic rings. The minimum absolute atomic E-state index is 0.164. The first kappa shape index (κ1) is 24.4. The first-order chi connectivity index (χ1) is 11.8. The lowest BCUT2D eigenvalue weighted by Crippen LogP contribution is -1.89. The maximum absolute atomic E-state index is 10.8. The lowest BCUT2D eigenvalue weighted by atomic mass is 10.1. The first-order valence-electron chi connectivity index (χ1n) is 8.67. The highest BCUT2D eigenvalue weighted by molar-refractivity contribution is 7.50. The van der Waals surface area contributed by atoms with Crippen LogP contribution in [-0.4, -0.2) is 23.0 Å². The second-order valence-electron chi connectivity index (χ2n) is 5.51. The molecule has 0 aliphatic carbocycles. The van der Waals surface area contributed by atoms with Crippen molar-refractivity contribution in [2.24, 2.45) is 0 Å². The Hall–Kier alpha value is -0.610. The summed E-state index contributed by atoms with van der Waals surface area (Å²) in [4.78, 5) is 17.7. The van der Waals surface area contributed by atoms with Crippen molar-refractivity contribution in [1.82, 2.24) is 0 Å². The normalized spacial score (nSPS) is 10.9. The van der Waals surface area contributed by atoms with Crippen molar-refractivity contribution in [3.63, 3.8) is 0 Å². The molecule has 0 aromatic heterocycles. The summed E-state index contributed by atoms with van der Waals surface area (Å²) in [6.07, 6.45) is 5.84. The molecular formula is C17H31O6P2+. The van der Waals surface area contributed by atoms with Gasteiger partial charge in [0.2, 0.25) is 0 Å². The predicted molar refractivity (Wildman–Crippen MR) is 101 cm³/mol. The van der Waals surface area contributed by atoms with E-state index in [9.17, 15) is 9.13 Å². The summed E-state index contributed by atoms with van der Waals surface area (Å²) in [6, 6.07) is 7.57. The van der Waals surface area contributed by atoms with Gasteiger partial charge in [0.1, 0.15) is 13.2 Å². The van der Waals surface area contributed by atoms with E-state index in [-0.39, 0.29) is 6.16 Å². The van der Waals surface area contributed by atoms with Gasteiger partial charge in [-0.15, -0.1) is 9.05 Å². The van der Waals surface area contributed by atoms with E-state index in [1.54, 1.807) is 13.8 Å². The number of hydrogen-bond donors (Lipinski definition) is 2. The van der Waals surface area contributed by atoms with Crippen LogP contribution >= 0.6 is 15.9 Å². The highest BCUT2D eigenvalue weighted by Gasteiger charge is 2.16. The second kappa shape index (κ2) is 14.5. The number of benzene rings is 1. The third kappa shape index (κ3) is 15.4. The second-order valence-corrected chi connectivity index (χ2v) is 8.12. The van der Waals surface area contributed by atoms with Gasteiger partial charge in [0.05, 0.1) is 6.16 Å². The van der Waals surface area contributed by atoms with Crippen molar-refractivity contribution >= 4 is 15.9 Å². The summed E-state index contributed by atoms with van der Waals surface area (Å²) in [6.45, 7) is 6.61. The van der Waals surface area contributed by atoms with E-state index in [1.807, 2.05) is 24.3 Å². The van der Waals surface area contributed by atoms with Gasteiger partial charge in [-0.1, -0.05) is 50.5 Å². The molecule has 0 unspecified atom stereocenters. The smallest absolute Gasteiger partial charge is 0.324 e. The third-order valence-corrected chi connectivity index (χ3v) is 4.91. The van der Waals surface area contributed by atoms with Crippen LogP contribution in [0.3, 0.4) is 0 Å². The van der Waals surface area contributed by atoms with Gasteiger partial charge in [-0.2, -0.15) is 0 Å². The molecule has 25 heavy (non-hydrogen) atoms. The van der Waals surface area contributed by atoms with Crippen molar-refractivity contribution in [3.05, 3.63) is 35.4 Å². The fourth-order valence-corrected chi connectivity index (χ4v) is 3.24. The Balaban J connectivity index is 0.000000609. The Morgan fingerprint density at radius 1 is 0.920 bits per heavy atom. The number of hydrogen-bond acceptors (Lipinski definition) is 4. The molecule has 0 saturated carbocycles.